The molecule has 2 aliphatic heterocycles. The fourth-order valence-electron chi connectivity index (χ4n) is 4.58. The predicted octanol–water partition coefficient (Wildman–Crippen LogP) is 3.93. The fraction of sp³-hybridized carbons (Fsp3) is 0.650. The Labute approximate surface area is 165 Å². The minimum atomic E-state index is 0.421. The van der Waals surface area contributed by atoms with E-state index in [0.717, 1.165) is 37.0 Å². The van der Waals surface area contributed by atoms with E-state index in [2.05, 4.69) is 30.1 Å². The molecule has 27 heavy (non-hydrogen) atoms. The molecule has 3 fully saturated rings. The Morgan fingerprint density at radius 1 is 1.04 bits per heavy atom. The first kappa shape index (κ1) is 17.4. The van der Waals surface area contributed by atoms with Crippen molar-refractivity contribution >= 4 is 18.2 Å². The first-order valence-corrected chi connectivity index (χ1v) is 10.8. The third kappa shape index (κ3) is 3.43. The molecule has 7 heteroatoms. The summed E-state index contributed by atoms with van der Waals surface area (Å²) in [7, 11) is 0. The van der Waals surface area contributed by atoms with Crippen molar-refractivity contribution in [2.75, 3.05) is 24.5 Å². The van der Waals surface area contributed by atoms with Gasteiger partial charge in [0, 0.05) is 44.1 Å². The zero-order valence-electron chi connectivity index (χ0n) is 15.8. The second-order valence-corrected chi connectivity index (χ2v) is 8.49. The average molecular weight is 385 g/mol. The van der Waals surface area contributed by atoms with Crippen LogP contribution in [0, 0.1) is 4.77 Å². The number of hydrogen-bond donors (Lipinski definition) is 0. The van der Waals surface area contributed by atoms with Crippen LogP contribution >= 0.6 is 12.2 Å². The van der Waals surface area contributed by atoms with E-state index in [1.165, 1.54) is 50.5 Å². The summed E-state index contributed by atoms with van der Waals surface area (Å²) in [6.45, 7) is 4.09. The third-order valence-corrected chi connectivity index (χ3v) is 6.56. The highest BCUT2D eigenvalue weighted by atomic mass is 32.1. The fourth-order valence-corrected chi connectivity index (χ4v) is 4.91. The molecule has 2 aromatic rings. The van der Waals surface area contributed by atoms with E-state index < -0.39 is 0 Å². The molecule has 2 aromatic heterocycles. The van der Waals surface area contributed by atoms with E-state index in [9.17, 15) is 0 Å². The van der Waals surface area contributed by atoms with E-state index in [-0.39, 0.29) is 0 Å². The number of pyridine rings is 1. The molecule has 1 aliphatic carbocycles. The lowest BCUT2D eigenvalue weighted by Gasteiger charge is -2.27. The van der Waals surface area contributed by atoms with Gasteiger partial charge in [0.05, 0.1) is 6.67 Å². The molecule has 4 heterocycles. The number of aromatic nitrogens is 4. The normalized spacial score (nSPS) is 23.9. The summed E-state index contributed by atoms with van der Waals surface area (Å²) in [6.07, 6.45) is 12.6. The molecule has 0 N–H and O–H groups in total. The number of hydrogen-bond acceptors (Lipinski definition) is 5. The van der Waals surface area contributed by atoms with Crippen molar-refractivity contribution in [3.8, 4) is 0 Å². The zero-order chi connectivity index (χ0) is 18.2. The number of likely N-dealkylation sites (tertiary alicyclic amines) is 1. The monoisotopic (exact) mass is 384 g/mol. The molecule has 2 saturated heterocycles. The molecule has 3 aliphatic rings. The summed E-state index contributed by atoms with van der Waals surface area (Å²) in [5.41, 5.74) is 1.30. The molecule has 1 saturated carbocycles. The number of rotatable bonds is 5. The van der Waals surface area contributed by atoms with E-state index in [1.807, 2.05) is 18.5 Å². The lowest BCUT2D eigenvalue weighted by molar-refractivity contribution is 0.189. The summed E-state index contributed by atoms with van der Waals surface area (Å²) in [6, 6.07) is 5.21. The molecular formula is C20H28N6S. The maximum absolute atomic E-state index is 5.89. The van der Waals surface area contributed by atoms with Gasteiger partial charge < -0.3 is 4.90 Å². The number of piperidine rings is 1. The van der Waals surface area contributed by atoms with Gasteiger partial charge in [-0.05, 0) is 68.8 Å². The van der Waals surface area contributed by atoms with Crippen molar-refractivity contribution in [2.24, 2.45) is 0 Å². The third-order valence-electron chi connectivity index (χ3n) is 6.15. The van der Waals surface area contributed by atoms with E-state index in [1.54, 1.807) is 0 Å². The summed E-state index contributed by atoms with van der Waals surface area (Å²) < 4.78 is 5.32. The SMILES string of the molecule is S=c1n(CN2CCC[C@@H]2c2cccnc2)nc(N2CCCCC2)n1C1CC1. The van der Waals surface area contributed by atoms with Crippen molar-refractivity contribution in [3.63, 3.8) is 0 Å². The van der Waals surface area contributed by atoms with Crippen molar-refractivity contribution < 1.29 is 0 Å². The van der Waals surface area contributed by atoms with Crippen molar-refractivity contribution in [1.29, 1.82) is 0 Å². The van der Waals surface area contributed by atoms with Crippen molar-refractivity contribution in [2.45, 2.75) is 63.7 Å². The van der Waals surface area contributed by atoms with Crippen molar-refractivity contribution in [3.05, 3.63) is 34.9 Å². The molecule has 6 nitrogen and oxygen atoms in total. The van der Waals surface area contributed by atoms with Crippen LogP contribution in [0.5, 0.6) is 0 Å². The van der Waals surface area contributed by atoms with Crippen LogP contribution in [0.4, 0.5) is 5.95 Å². The Balaban J connectivity index is 1.42. The highest BCUT2D eigenvalue weighted by Crippen LogP contribution is 2.39. The van der Waals surface area contributed by atoms with E-state index in [4.69, 9.17) is 17.3 Å². The summed E-state index contributed by atoms with van der Waals surface area (Å²) >= 11 is 5.89. The molecular weight excluding hydrogens is 356 g/mol. The second-order valence-electron chi connectivity index (χ2n) is 8.13. The van der Waals surface area contributed by atoms with Crippen LogP contribution in [-0.2, 0) is 6.67 Å². The van der Waals surface area contributed by atoms with Gasteiger partial charge in [-0.25, -0.2) is 4.68 Å². The molecule has 0 spiro atoms. The topological polar surface area (TPSA) is 42.1 Å². The molecule has 144 valence electrons. The van der Waals surface area contributed by atoms with Gasteiger partial charge in [-0.1, -0.05) is 6.07 Å². The van der Waals surface area contributed by atoms with E-state index >= 15 is 0 Å². The molecule has 1 atom stereocenters. The summed E-state index contributed by atoms with van der Waals surface area (Å²) in [4.78, 5) is 9.28. The van der Waals surface area contributed by atoms with Crippen molar-refractivity contribution in [1.82, 2.24) is 24.2 Å². The van der Waals surface area contributed by atoms with Gasteiger partial charge in [0.15, 0.2) is 0 Å². The first-order valence-electron chi connectivity index (χ1n) is 10.4. The maximum Gasteiger partial charge on any atom is 0.226 e. The average Bonchev–Trinajstić information content (AvgIpc) is 3.36. The molecule has 5 rings (SSSR count). The van der Waals surface area contributed by atoms with Gasteiger partial charge in [0.2, 0.25) is 10.7 Å². The van der Waals surface area contributed by atoms with E-state index in [0.29, 0.717) is 12.1 Å². The highest BCUT2D eigenvalue weighted by molar-refractivity contribution is 7.71. The minimum Gasteiger partial charge on any atom is -0.341 e. The zero-order valence-corrected chi connectivity index (χ0v) is 16.7. The minimum absolute atomic E-state index is 0.421. The molecule has 0 unspecified atom stereocenters. The van der Waals surface area contributed by atoms with Crippen LogP contribution in [0.3, 0.4) is 0 Å². The van der Waals surface area contributed by atoms with Crippen LogP contribution in [0.2, 0.25) is 0 Å². The van der Waals surface area contributed by atoms with Gasteiger partial charge in [-0.3, -0.25) is 14.5 Å². The Morgan fingerprint density at radius 3 is 2.63 bits per heavy atom. The van der Waals surface area contributed by atoms with Gasteiger partial charge in [0.25, 0.3) is 0 Å². The molecule has 0 amide bonds. The number of nitrogens with zero attached hydrogens (tertiary/aromatic N) is 6. The smallest absolute Gasteiger partial charge is 0.226 e. The maximum atomic E-state index is 5.89. The Hall–Kier alpha value is -1.73. The Morgan fingerprint density at radius 2 is 1.89 bits per heavy atom. The first-order chi connectivity index (χ1) is 13.3. The lowest BCUT2D eigenvalue weighted by atomic mass is 10.1. The standard InChI is InChI=1S/C20H28N6S/c27-20-25(15-24-13-5-7-18(24)16-6-4-10-21-14-16)22-19(26(20)17-8-9-17)23-11-2-1-3-12-23/h4,6,10,14,17-18H,1-3,5,7-9,11-13,15H2/t18-/m1/s1. The molecule has 0 bridgehead atoms. The highest BCUT2D eigenvalue weighted by Gasteiger charge is 2.32. The van der Waals surface area contributed by atoms with Gasteiger partial charge in [-0.2, -0.15) is 0 Å². The van der Waals surface area contributed by atoms with Gasteiger partial charge in [-0.15, -0.1) is 5.10 Å². The Bertz CT molecular complexity index is 834. The van der Waals surface area contributed by atoms with Crippen LogP contribution in [0.15, 0.2) is 24.5 Å². The quantitative estimate of drug-likeness (QED) is 0.731. The summed E-state index contributed by atoms with van der Waals surface area (Å²) in [5.74, 6) is 1.11. The van der Waals surface area contributed by atoms with Crippen LogP contribution < -0.4 is 4.90 Å². The lowest BCUT2D eigenvalue weighted by Crippen LogP contribution is -2.32. The molecule has 0 radical (unpaired) electrons. The largest absolute Gasteiger partial charge is 0.341 e. The number of anilines is 1. The summed E-state index contributed by atoms with van der Waals surface area (Å²) in [5, 5.41) is 5.03. The van der Waals surface area contributed by atoms with Gasteiger partial charge in [0.1, 0.15) is 0 Å². The predicted molar refractivity (Wildman–Crippen MR) is 108 cm³/mol. The Kier molecular flexibility index (Phi) is 4.73. The van der Waals surface area contributed by atoms with Crippen LogP contribution in [-0.4, -0.2) is 43.9 Å². The molecule has 0 aromatic carbocycles. The second kappa shape index (κ2) is 7.36. The van der Waals surface area contributed by atoms with Gasteiger partial charge >= 0.3 is 0 Å². The van der Waals surface area contributed by atoms with Crippen LogP contribution in [0.1, 0.15) is 62.6 Å². The van der Waals surface area contributed by atoms with Crippen LogP contribution in [0.25, 0.3) is 0 Å².